The number of hydrogen-bond donors (Lipinski definition) is 0. The predicted molar refractivity (Wildman–Crippen MR) is 45.9 cm³/mol. The first kappa shape index (κ1) is 8.24. The number of hydrogen-bond acceptors (Lipinski definition) is 2. The molecule has 2 fully saturated rings. The summed E-state index contributed by atoms with van der Waals surface area (Å²) in [6.45, 7) is 4.85. The molecule has 0 N–H and O–H groups in total. The van der Waals surface area contributed by atoms with Gasteiger partial charge < -0.3 is 9.53 Å². The van der Waals surface area contributed by atoms with Crippen molar-refractivity contribution in [2.75, 3.05) is 6.61 Å². The van der Waals surface area contributed by atoms with E-state index < -0.39 is 0 Å². The van der Waals surface area contributed by atoms with E-state index in [1.54, 1.807) is 0 Å². The lowest BCUT2D eigenvalue weighted by molar-refractivity contribution is -0.127. The normalized spacial score (nSPS) is 39.8. The second kappa shape index (κ2) is 2.32. The second-order valence-electron chi connectivity index (χ2n) is 4.54. The van der Waals surface area contributed by atoms with E-state index in [9.17, 15) is 4.79 Å². The van der Waals surface area contributed by atoms with Crippen molar-refractivity contribution in [3.63, 3.8) is 0 Å². The standard InChI is InChI=1S/C10H16O2/c1-9(2)10(7-11,5-6-12-9)8-3-4-8/h7-8H,3-6H2,1-2H3. The average Bonchev–Trinajstić information content (AvgIpc) is 2.77. The van der Waals surface area contributed by atoms with E-state index in [2.05, 4.69) is 0 Å². The minimum atomic E-state index is -0.226. The molecular formula is C10H16O2. The van der Waals surface area contributed by atoms with Gasteiger partial charge in [-0.2, -0.15) is 0 Å². The van der Waals surface area contributed by atoms with Crippen LogP contribution in [-0.2, 0) is 9.53 Å². The molecule has 0 radical (unpaired) electrons. The SMILES string of the molecule is CC1(C)OCCC1(C=O)C1CC1. The van der Waals surface area contributed by atoms with Gasteiger partial charge in [0.2, 0.25) is 0 Å². The summed E-state index contributed by atoms with van der Waals surface area (Å²) < 4.78 is 5.62. The van der Waals surface area contributed by atoms with Crippen molar-refractivity contribution < 1.29 is 9.53 Å². The van der Waals surface area contributed by atoms with E-state index in [0.29, 0.717) is 5.92 Å². The van der Waals surface area contributed by atoms with Gasteiger partial charge in [-0.25, -0.2) is 0 Å². The number of carbonyl (C=O) groups excluding carboxylic acids is 1. The van der Waals surface area contributed by atoms with Crippen LogP contribution in [0.4, 0.5) is 0 Å². The minimum absolute atomic E-state index is 0.160. The first-order chi connectivity index (χ1) is 5.62. The Hall–Kier alpha value is -0.370. The Morgan fingerprint density at radius 2 is 2.08 bits per heavy atom. The monoisotopic (exact) mass is 168 g/mol. The van der Waals surface area contributed by atoms with Crippen molar-refractivity contribution in [1.82, 2.24) is 0 Å². The highest BCUT2D eigenvalue weighted by molar-refractivity contribution is 5.63. The van der Waals surface area contributed by atoms with Crippen molar-refractivity contribution in [1.29, 1.82) is 0 Å². The molecule has 0 spiro atoms. The lowest BCUT2D eigenvalue weighted by atomic mass is 9.71. The third-order valence-electron chi connectivity index (χ3n) is 3.62. The van der Waals surface area contributed by atoms with Crippen LogP contribution in [0.25, 0.3) is 0 Å². The maximum absolute atomic E-state index is 11.1. The molecule has 1 saturated heterocycles. The van der Waals surface area contributed by atoms with Crippen LogP contribution in [0.2, 0.25) is 0 Å². The summed E-state index contributed by atoms with van der Waals surface area (Å²) in [5.41, 5.74) is -0.386. The Balaban J connectivity index is 2.30. The molecule has 1 aliphatic carbocycles. The van der Waals surface area contributed by atoms with Gasteiger partial charge in [-0.05, 0) is 39.0 Å². The Morgan fingerprint density at radius 1 is 1.42 bits per heavy atom. The van der Waals surface area contributed by atoms with Crippen LogP contribution in [0.3, 0.4) is 0 Å². The van der Waals surface area contributed by atoms with Gasteiger partial charge in [0.15, 0.2) is 0 Å². The summed E-state index contributed by atoms with van der Waals surface area (Å²) in [5.74, 6) is 0.604. The Labute approximate surface area is 73.3 Å². The molecule has 1 atom stereocenters. The number of rotatable bonds is 2. The summed E-state index contributed by atoms with van der Waals surface area (Å²) in [6, 6.07) is 0. The lowest BCUT2D eigenvalue weighted by Crippen LogP contribution is -2.42. The van der Waals surface area contributed by atoms with Gasteiger partial charge in [-0.3, -0.25) is 0 Å². The zero-order valence-corrected chi connectivity index (χ0v) is 7.80. The van der Waals surface area contributed by atoms with Gasteiger partial charge >= 0.3 is 0 Å². The largest absolute Gasteiger partial charge is 0.374 e. The Bertz CT molecular complexity index is 206. The van der Waals surface area contributed by atoms with Gasteiger partial charge in [0.1, 0.15) is 6.29 Å². The van der Waals surface area contributed by atoms with Crippen LogP contribution in [0.5, 0.6) is 0 Å². The van der Waals surface area contributed by atoms with Crippen LogP contribution in [0, 0.1) is 11.3 Å². The summed E-state index contributed by atoms with van der Waals surface area (Å²) in [4.78, 5) is 11.1. The molecule has 1 aliphatic heterocycles. The average molecular weight is 168 g/mol. The smallest absolute Gasteiger partial charge is 0.129 e. The zero-order valence-electron chi connectivity index (χ0n) is 7.80. The fraction of sp³-hybridized carbons (Fsp3) is 0.900. The van der Waals surface area contributed by atoms with E-state index in [4.69, 9.17) is 4.74 Å². The highest BCUT2D eigenvalue weighted by Gasteiger charge is 2.58. The fourth-order valence-electron chi connectivity index (χ4n) is 2.50. The van der Waals surface area contributed by atoms with Crippen LogP contribution in [-0.4, -0.2) is 18.5 Å². The molecule has 0 aromatic carbocycles. The summed E-state index contributed by atoms with van der Waals surface area (Å²) in [5, 5.41) is 0. The summed E-state index contributed by atoms with van der Waals surface area (Å²) >= 11 is 0. The molecule has 0 amide bonds. The first-order valence-corrected chi connectivity index (χ1v) is 4.73. The maximum Gasteiger partial charge on any atom is 0.129 e. The molecule has 2 heteroatoms. The van der Waals surface area contributed by atoms with Gasteiger partial charge in [0, 0.05) is 6.61 Å². The molecule has 2 rings (SSSR count). The molecule has 2 aliphatic rings. The molecule has 68 valence electrons. The highest BCUT2D eigenvalue weighted by Crippen LogP contribution is 2.56. The number of carbonyl (C=O) groups is 1. The van der Waals surface area contributed by atoms with Crippen LogP contribution in [0.15, 0.2) is 0 Å². The van der Waals surface area contributed by atoms with Crippen molar-refractivity contribution in [3.05, 3.63) is 0 Å². The van der Waals surface area contributed by atoms with Crippen LogP contribution >= 0.6 is 0 Å². The lowest BCUT2D eigenvalue weighted by Gasteiger charge is -2.35. The maximum atomic E-state index is 11.1. The van der Waals surface area contributed by atoms with Crippen LogP contribution < -0.4 is 0 Å². The van der Waals surface area contributed by atoms with Crippen molar-refractivity contribution in [2.45, 2.75) is 38.7 Å². The van der Waals surface area contributed by atoms with E-state index in [1.165, 1.54) is 12.8 Å². The summed E-state index contributed by atoms with van der Waals surface area (Å²) in [7, 11) is 0. The zero-order chi connectivity index (χ0) is 8.82. The van der Waals surface area contributed by atoms with E-state index in [0.717, 1.165) is 19.3 Å². The van der Waals surface area contributed by atoms with Gasteiger partial charge in [-0.1, -0.05) is 0 Å². The van der Waals surface area contributed by atoms with E-state index in [-0.39, 0.29) is 11.0 Å². The van der Waals surface area contributed by atoms with Crippen LogP contribution in [0.1, 0.15) is 33.1 Å². The molecule has 2 nitrogen and oxygen atoms in total. The number of ether oxygens (including phenoxy) is 1. The Morgan fingerprint density at radius 3 is 2.42 bits per heavy atom. The topological polar surface area (TPSA) is 26.3 Å². The molecule has 12 heavy (non-hydrogen) atoms. The molecule has 0 bridgehead atoms. The third-order valence-corrected chi connectivity index (χ3v) is 3.62. The van der Waals surface area contributed by atoms with Crippen molar-refractivity contribution >= 4 is 6.29 Å². The van der Waals surface area contributed by atoms with Crippen molar-refractivity contribution in [3.8, 4) is 0 Å². The Kier molecular flexibility index (Phi) is 1.59. The second-order valence-corrected chi connectivity index (χ2v) is 4.54. The molecule has 1 saturated carbocycles. The fourth-order valence-corrected chi connectivity index (χ4v) is 2.50. The molecule has 1 heterocycles. The van der Waals surface area contributed by atoms with Crippen molar-refractivity contribution in [2.24, 2.45) is 11.3 Å². The highest BCUT2D eigenvalue weighted by atomic mass is 16.5. The molecular weight excluding hydrogens is 152 g/mol. The van der Waals surface area contributed by atoms with E-state index in [1.807, 2.05) is 13.8 Å². The van der Waals surface area contributed by atoms with Gasteiger partial charge in [0.05, 0.1) is 11.0 Å². The number of aldehydes is 1. The predicted octanol–water partition coefficient (Wildman–Crippen LogP) is 1.78. The molecule has 1 unspecified atom stereocenters. The summed E-state index contributed by atoms with van der Waals surface area (Å²) in [6.07, 6.45) is 4.50. The quantitative estimate of drug-likeness (QED) is 0.587. The molecule has 0 aromatic heterocycles. The molecule has 0 aromatic rings. The van der Waals surface area contributed by atoms with Gasteiger partial charge in [0.25, 0.3) is 0 Å². The minimum Gasteiger partial charge on any atom is -0.374 e. The first-order valence-electron chi connectivity index (χ1n) is 4.73. The van der Waals surface area contributed by atoms with Gasteiger partial charge in [-0.15, -0.1) is 0 Å². The third kappa shape index (κ3) is 0.875. The van der Waals surface area contributed by atoms with E-state index >= 15 is 0 Å².